The van der Waals surface area contributed by atoms with Crippen molar-refractivity contribution < 1.29 is 19.2 Å². The predicted octanol–water partition coefficient (Wildman–Crippen LogP) is 0.623. The molecule has 1 aliphatic heterocycles. The number of rotatable bonds is 2. The Morgan fingerprint density at radius 3 is 2.67 bits per heavy atom. The van der Waals surface area contributed by atoms with Crippen molar-refractivity contribution in [1.82, 2.24) is 4.90 Å². The largest absolute Gasteiger partial charge is 0.467 e. The van der Waals surface area contributed by atoms with Crippen LogP contribution in [0.5, 0.6) is 0 Å². The maximum Gasteiger partial charge on any atom is 0.328 e. The molecule has 1 amide bonds. The molecule has 0 aliphatic carbocycles. The standard InChI is InChI=1S/C13H15N3O5/c1-7(17)15-6-9-8(5-11(15)13(18)21-2)3-4-10(14)12(9)16(19)20/h3-4,11H,5-6,14H2,1-2H3. The number of hydrogen-bond donors (Lipinski definition) is 1. The van der Waals surface area contributed by atoms with Gasteiger partial charge < -0.3 is 15.4 Å². The van der Waals surface area contributed by atoms with Crippen molar-refractivity contribution in [3.63, 3.8) is 0 Å². The van der Waals surface area contributed by atoms with E-state index in [1.165, 1.54) is 25.0 Å². The second-order valence-electron chi connectivity index (χ2n) is 4.79. The lowest BCUT2D eigenvalue weighted by Crippen LogP contribution is -2.48. The van der Waals surface area contributed by atoms with Crippen molar-refractivity contribution in [1.29, 1.82) is 0 Å². The second-order valence-corrected chi connectivity index (χ2v) is 4.79. The molecule has 2 N–H and O–H groups in total. The number of hydrogen-bond acceptors (Lipinski definition) is 6. The summed E-state index contributed by atoms with van der Waals surface area (Å²) in [6.45, 7) is 1.27. The molecule has 0 saturated heterocycles. The molecule has 1 unspecified atom stereocenters. The van der Waals surface area contributed by atoms with Gasteiger partial charge in [0.15, 0.2) is 0 Å². The Bertz CT molecular complexity index is 628. The molecule has 2 rings (SSSR count). The summed E-state index contributed by atoms with van der Waals surface area (Å²) in [6, 6.07) is 2.31. The number of amides is 1. The summed E-state index contributed by atoms with van der Waals surface area (Å²) in [5.41, 5.74) is 6.48. The molecule has 1 aromatic carbocycles. The van der Waals surface area contributed by atoms with Crippen LogP contribution in [0.3, 0.4) is 0 Å². The highest BCUT2D eigenvalue weighted by atomic mass is 16.6. The van der Waals surface area contributed by atoms with Crippen LogP contribution in [0.4, 0.5) is 11.4 Å². The van der Waals surface area contributed by atoms with E-state index in [1.54, 1.807) is 6.07 Å². The first kappa shape index (κ1) is 14.8. The maximum absolute atomic E-state index is 11.8. The van der Waals surface area contributed by atoms with Gasteiger partial charge >= 0.3 is 5.97 Å². The molecule has 1 aliphatic rings. The van der Waals surface area contributed by atoms with E-state index in [9.17, 15) is 19.7 Å². The van der Waals surface area contributed by atoms with E-state index in [4.69, 9.17) is 10.5 Å². The fourth-order valence-electron chi connectivity index (χ4n) is 2.56. The smallest absolute Gasteiger partial charge is 0.328 e. The summed E-state index contributed by atoms with van der Waals surface area (Å²) in [6.07, 6.45) is 0.169. The van der Waals surface area contributed by atoms with Crippen LogP contribution in [0.15, 0.2) is 12.1 Å². The highest BCUT2D eigenvalue weighted by Crippen LogP contribution is 2.35. The van der Waals surface area contributed by atoms with Crippen LogP contribution in [-0.4, -0.2) is 34.9 Å². The summed E-state index contributed by atoms with van der Waals surface area (Å²) >= 11 is 0. The van der Waals surface area contributed by atoms with Crippen LogP contribution >= 0.6 is 0 Å². The van der Waals surface area contributed by atoms with Crippen LogP contribution in [0, 0.1) is 10.1 Å². The Labute approximate surface area is 120 Å². The van der Waals surface area contributed by atoms with Gasteiger partial charge in [0.05, 0.1) is 24.1 Å². The van der Waals surface area contributed by atoms with Gasteiger partial charge in [0.1, 0.15) is 11.7 Å². The van der Waals surface area contributed by atoms with Gasteiger partial charge in [-0.1, -0.05) is 6.07 Å². The van der Waals surface area contributed by atoms with Gasteiger partial charge in [-0.3, -0.25) is 14.9 Å². The topological polar surface area (TPSA) is 116 Å². The molecule has 1 heterocycles. The Hall–Kier alpha value is -2.64. The number of carbonyl (C=O) groups excluding carboxylic acids is 2. The fourth-order valence-corrected chi connectivity index (χ4v) is 2.56. The van der Waals surface area contributed by atoms with E-state index in [0.29, 0.717) is 11.1 Å². The average Bonchev–Trinajstić information content (AvgIpc) is 2.44. The number of carbonyl (C=O) groups is 2. The number of fused-ring (bicyclic) bond motifs is 1. The van der Waals surface area contributed by atoms with Gasteiger partial charge in [-0.2, -0.15) is 0 Å². The molecular weight excluding hydrogens is 278 g/mol. The van der Waals surface area contributed by atoms with Crippen molar-refractivity contribution in [3.8, 4) is 0 Å². The predicted molar refractivity (Wildman–Crippen MR) is 73.2 cm³/mol. The molecule has 21 heavy (non-hydrogen) atoms. The number of nitrogens with zero attached hydrogens (tertiary/aromatic N) is 2. The van der Waals surface area contributed by atoms with Crippen LogP contribution in [0.1, 0.15) is 18.1 Å². The van der Waals surface area contributed by atoms with Crippen LogP contribution < -0.4 is 5.73 Å². The molecule has 8 heteroatoms. The number of nitro benzene ring substituents is 1. The lowest BCUT2D eigenvalue weighted by atomic mass is 9.92. The van der Waals surface area contributed by atoms with E-state index in [2.05, 4.69) is 0 Å². The highest BCUT2D eigenvalue weighted by molar-refractivity contribution is 5.85. The lowest BCUT2D eigenvalue weighted by molar-refractivity contribution is -0.384. The molecule has 0 bridgehead atoms. The quantitative estimate of drug-likeness (QED) is 0.370. The van der Waals surface area contributed by atoms with Crippen LogP contribution in [0.2, 0.25) is 0 Å². The van der Waals surface area contributed by atoms with Gasteiger partial charge in [0.25, 0.3) is 5.69 Å². The monoisotopic (exact) mass is 293 g/mol. The van der Waals surface area contributed by atoms with Crippen LogP contribution in [0.25, 0.3) is 0 Å². The molecule has 112 valence electrons. The minimum absolute atomic E-state index is 0.0359. The minimum Gasteiger partial charge on any atom is -0.467 e. The van der Waals surface area contributed by atoms with E-state index >= 15 is 0 Å². The first-order valence-corrected chi connectivity index (χ1v) is 6.26. The SMILES string of the molecule is COC(=O)C1Cc2ccc(N)c([N+](=O)[O-])c2CN1C(C)=O. The van der Waals surface area contributed by atoms with Crippen molar-refractivity contribution in [2.75, 3.05) is 12.8 Å². The summed E-state index contributed by atoms with van der Waals surface area (Å²) in [7, 11) is 1.24. The van der Waals surface area contributed by atoms with Crippen molar-refractivity contribution >= 4 is 23.3 Å². The second kappa shape index (κ2) is 5.39. The van der Waals surface area contributed by atoms with Gasteiger partial charge in [-0.25, -0.2) is 4.79 Å². The fraction of sp³-hybridized carbons (Fsp3) is 0.385. The summed E-state index contributed by atoms with van der Waals surface area (Å²) in [5.74, 6) is -0.900. The van der Waals surface area contributed by atoms with E-state index in [0.717, 1.165) is 0 Å². The van der Waals surface area contributed by atoms with E-state index in [1.807, 2.05) is 0 Å². The normalized spacial score (nSPS) is 17.0. The number of benzene rings is 1. The highest BCUT2D eigenvalue weighted by Gasteiger charge is 2.37. The number of esters is 1. The zero-order valence-corrected chi connectivity index (χ0v) is 11.7. The number of nitro groups is 1. The molecule has 1 aromatic rings. The van der Waals surface area contributed by atoms with Crippen molar-refractivity contribution in [2.24, 2.45) is 0 Å². The third-order valence-electron chi connectivity index (χ3n) is 3.59. The maximum atomic E-state index is 11.8. The molecule has 1 atom stereocenters. The van der Waals surface area contributed by atoms with E-state index < -0.39 is 16.9 Å². The molecular formula is C13H15N3O5. The Balaban J connectivity index is 2.54. The molecule has 0 aromatic heterocycles. The van der Waals surface area contributed by atoms with Crippen LogP contribution in [-0.2, 0) is 27.3 Å². The number of ether oxygens (including phenoxy) is 1. The third kappa shape index (κ3) is 2.51. The van der Waals surface area contributed by atoms with E-state index in [-0.39, 0.29) is 30.2 Å². The number of methoxy groups -OCH3 is 1. The zero-order valence-electron chi connectivity index (χ0n) is 11.7. The first-order chi connectivity index (χ1) is 9.86. The molecule has 0 saturated carbocycles. The molecule has 0 radical (unpaired) electrons. The van der Waals surface area contributed by atoms with Gasteiger partial charge in [-0.05, 0) is 11.6 Å². The Morgan fingerprint density at radius 2 is 2.14 bits per heavy atom. The summed E-state index contributed by atoms with van der Waals surface area (Å²) in [5, 5.41) is 11.2. The third-order valence-corrected chi connectivity index (χ3v) is 3.59. The minimum atomic E-state index is -0.775. The average molecular weight is 293 g/mol. The van der Waals surface area contributed by atoms with Gasteiger partial charge in [0.2, 0.25) is 5.91 Å². The number of nitrogen functional groups attached to an aromatic ring is 1. The Kier molecular flexibility index (Phi) is 3.79. The first-order valence-electron chi connectivity index (χ1n) is 6.26. The lowest BCUT2D eigenvalue weighted by Gasteiger charge is -2.34. The molecule has 0 fully saturated rings. The Morgan fingerprint density at radius 1 is 1.48 bits per heavy atom. The van der Waals surface area contributed by atoms with Crippen molar-refractivity contribution in [2.45, 2.75) is 25.9 Å². The molecule has 0 spiro atoms. The van der Waals surface area contributed by atoms with Crippen molar-refractivity contribution in [3.05, 3.63) is 33.4 Å². The number of nitrogens with two attached hydrogens (primary N) is 1. The van der Waals surface area contributed by atoms with Gasteiger partial charge in [0, 0.05) is 13.3 Å². The summed E-state index contributed by atoms with van der Waals surface area (Å²) < 4.78 is 4.70. The zero-order chi connectivity index (χ0) is 15.7. The summed E-state index contributed by atoms with van der Waals surface area (Å²) in [4.78, 5) is 35.4. The number of anilines is 1. The van der Waals surface area contributed by atoms with Gasteiger partial charge in [-0.15, -0.1) is 0 Å². The molecule has 8 nitrogen and oxygen atoms in total.